The van der Waals surface area contributed by atoms with E-state index in [2.05, 4.69) is 0 Å². The van der Waals surface area contributed by atoms with Crippen LogP contribution in [0.4, 0.5) is 5.69 Å². The van der Waals surface area contributed by atoms with Gasteiger partial charge in [0.2, 0.25) is 11.7 Å². The van der Waals surface area contributed by atoms with Crippen LogP contribution in [0.1, 0.15) is 25.0 Å². The number of carboxylic acids is 1. The van der Waals surface area contributed by atoms with Gasteiger partial charge in [-0.25, -0.2) is 4.79 Å². The number of para-hydroxylation sites is 1. The van der Waals surface area contributed by atoms with E-state index in [1.807, 2.05) is 39.0 Å². The van der Waals surface area contributed by atoms with Gasteiger partial charge < -0.3 is 14.7 Å². The second-order valence-electron chi connectivity index (χ2n) is 5.73. The molecule has 25 heavy (non-hydrogen) atoms. The third-order valence-electron chi connectivity index (χ3n) is 3.76. The molecule has 138 valence electrons. The highest BCUT2D eigenvalue weighted by atomic mass is 32.2. The minimum absolute atomic E-state index is 0.0323. The number of hydrogen-bond acceptors (Lipinski definition) is 5. The Kier molecular flexibility index (Phi) is 8.65. The molecule has 6 nitrogen and oxygen atoms in total. The van der Waals surface area contributed by atoms with Gasteiger partial charge in [0.25, 0.3) is 0 Å². The van der Waals surface area contributed by atoms with Crippen molar-refractivity contribution >= 4 is 35.1 Å². The van der Waals surface area contributed by atoms with Crippen LogP contribution in [0.5, 0.6) is 0 Å². The molecule has 1 aromatic rings. The molecule has 0 aliphatic rings. The Morgan fingerprint density at radius 3 is 2.52 bits per heavy atom. The lowest BCUT2D eigenvalue weighted by molar-refractivity contribution is -0.147. The van der Waals surface area contributed by atoms with Gasteiger partial charge in [-0.15, -0.1) is 11.8 Å². The van der Waals surface area contributed by atoms with Crippen LogP contribution >= 0.6 is 11.8 Å². The summed E-state index contributed by atoms with van der Waals surface area (Å²) in [5, 5.41) is 8.62. The highest BCUT2D eigenvalue weighted by Gasteiger charge is 2.25. The number of carboxylic acid groups (broad SMARTS) is 1. The fourth-order valence-corrected chi connectivity index (χ4v) is 3.34. The van der Waals surface area contributed by atoms with Gasteiger partial charge in [-0.3, -0.25) is 9.59 Å². The van der Waals surface area contributed by atoms with E-state index in [9.17, 15) is 14.4 Å². The number of benzene rings is 1. The van der Waals surface area contributed by atoms with Gasteiger partial charge in [0.1, 0.15) is 0 Å². The Morgan fingerprint density at radius 1 is 1.28 bits per heavy atom. The Morgan fingerprint density at radius 2 is 1.96 bits per heavy atom. The molecular weight excluding hydrogens is 342 g/mol. The summed E-state index contributed by atoms with van der Waals surface area (Å²) >= 11 is 1.01. The zero-order valence-electron chi connectivity index (χ0n) is 15.1. The summed E-state index contributed by atoms with van der Waals surface area (Å²) in [6.07, 6.45) is 0.783. The number of thioether (sulfide) groups is 1. The van der Waals surface area contributed by atoms with Gasteiger partial charge in [-0.2, -0.15) is 0 Å². The summed E-state index contributed by atoms with van der Waals surface area (Å²) in [4.78, 5) is 36.3. The molecule has 1 amide bonds. The largest absolute Gasteiger partial charge is 0.475 e. The summed E-state index contributed by atoms with van der Waals surface area (Å²) in [6, 6.07) is 5.72. The number of ketones is 1. The molecule has 0 aromatic heterocycles. The maximum Gasteiger partial charge on any atom is 0.373 e. The number of methoxy groups -OCH3 is 1. The Labute approximate surface area is 152 Å². The first-order valence-corrected chi connectivity index (χ1v) is 9.22. The SMILES string of the molecule is CCc1cccc(C)c1N(C(=O)CSCC(=O)C(=O)O)[C@@H](C)COC. The second-order valence-corrected chi connectivity index (χ2v) is 6.71. The van der Waals surface area contributed by atoms with E-state index < -0.39 is 11.8 Å². The third kappa shape index (κ3) is 5.86. The number of nitrogens with zero attached hydrogens (tertiary/aromatic N) is 1. The topological polar surface area (TPSA) is 83.9 Å². The van der Waals surface area contributed by atoms with E-state index in [1.54, 1.807) is 12.0 Å². The maximum atomic E-state index is 12.8. The number of hydrogen-bond donors (Lipinski definition) is 1. The van der Waals surface area contributed by atoms with Gasteiger partial charge >= 0.3 is 5.97 Å². The molecule has 0 saturated heterocycles. The van der Waals surface area contributed by atoms with Crippen molar-refractivity contribution in [3.63, 3.8) is 0 Å². The molecule has 1 N–H and O–H groups in total. The van der Waals surface area contributed by atoms with Crippen LogP contribution < -0.4 is 4.90 Å². The van der Waals surface area contributed by atoms with Crippen molar-refractivity contribution in [1.29, 1.82) is 0 Å². The van der Waals surface area contributed by atoms with E-state index in [0.29, 0.717) is 6.61 Å². The van der Waals surface area contributed by atoms with Crippen LogP contribution in [-0.4, -0.2) is 54.0 Å². The molecule has 0 radical (unpaired) electrons. The summed E-state index contributed by atoms with van der Waals surface area (Å²) in [7, 11) is 1.58. The number of carbonyl (C=O) groups is 3. The quantitative estimate of drug-likeness (QED) is 0.639. The highest BCUT2D eigenvalue weighted by molar-refractivity contribution is 8.00. The molecule has 0 saturated carbocycles. The Balaban J connectivity index is 3.04. The number of aliphatic carboxylic acids is 1. The molecule has 0 aliphatic heterocycles. The number of ether oxygens (including phenoxy) is 1. The fourth-order valence-electron chi connectivity index (χ4n) is 2.62. The Hall–Kier alpha value is -1.86. The standard InChI is InChI=1S/C18H25NO5S/c1-5-14-8-6-7-12(2)17(14)19(13(3)9-24-4)16(21)11-25-10-15(20)18(22)23/h6-8,13H,5,9-11H2,1-4H3,(H,22,23)/t13-/m0/s1. The van der Waals surface area contributed by atoms with E-state index in [-0.39, 0.29) is 23.5 Å². The predicted octanol–water partition coefficient (Wildman–Crippen LogP) is 2.31. The Bertz CT molecular complexity index is 632. The van der Waals surface area contributed by atoms with Gasteiger partial charge in [-0.1, -0.05) is 25.1 Å². The predicted molar refractivity (Wildman–Crippen MR) is 99.3 cm³/mol. The van der Waals surface area contributed by atoms with Crippen molar-refractivity contribution in [3.8, 4) is 0 Å². The zero-order chi connectivity index (χ0) is 19.0. The molecule has 7 heteroatoms. The average molecular weight is 367 g/mol. The first kappa shape index (κ1) is 21.2. The van der Waals surface area contributed by atoms with Crippen molar-refractivity contribution < 1.29 is 24.2 Å². The van der Waals surface area contributed by atoms with Crippen LogP contribution in [0.2, 0.25) is 0 Å². The fraction of sp³-hybridized carbons (Fsp3) is 0.500. The van der Waals surface area contributed by atoms with Crippen LogP contribution in [0.25, 0.3) is 0 Å². The molecule has 0 spiro atoms. The van der Waals surface area contributed by atoms with E-state index in [4.69, 9.17) is 9.84 Å². The van der Waals surface area contributed by atoms with Gasteiger partial charge in [-0.05, 0) is 31.4 Å². The average Bonchev–Trinajstić information content (AvgIpc) is 2.56. The summed E-state index contributed by atoms with van der Waals surface area (Å²) in [6.45, 7) is 6.26. The number of aryl methyl sites for hydroxylation is 2. The van der Waals surface area contributed by atoms with Gasteiger partial charge in [0.15, 0.2) is 0 Å². The summed E-state index contributed by atoms with van der Waals surface area (Å²) in [5.41, 5.74) is 2.91. The molecule has 1 rings (SSSR count). The number of anilines is 1. The summed E-state index contributed by atoms with van der Waals surface area (Å²) in [5.74, 6) is -2.74. The molecule has 1 atom stereocenters. The minimum Gasteiger partial charge on any atom is -0.475 e. The van der Waals surface area contributed by atoms with Crippen molar-refractivity contribution in [1.82, 2.24) is 0 Å². The lowest BCUT2D eigenvalue weighted by Crippen LogP contribution is -2.43. The van der Waals surface area contributed by atoms with Gasteiger partial charge in [0.05, 0.1) is 29.8 Å². The lowest BCUT2D eigenvalue weighted by atomic mass is 10.0. The monoisotopic (exact) mass is 367 g/mol. The van der Waals surface area contributed by atoms with Crippen LogP contribution in [0, 0.1) is 6.92 Å². The van der Waals surface area contributed by atoms with Gasteiger partial charge in [0, 0.05) is 7.11 Å². The third-order valence-corrected chi connectivity index (χ3v) is 4.68. The van der Waals surface area contributed by atoms with Crippen molar-refractivity contribution in [2.75, 3.05) is 30.1 Å². The first-order valence-electron chi connectivity index (χ1n) is 8.06. The van der Waals surface area contributed by atoms with Crippen molar-refractivity contribution in [3.05, 3.63) is 29.3 Å². The van der Waals surface area contributed by atoms with Crippen LogP contribution in [-0.2, 0) is 25.5 Å². The molecule has 0 heterocycles. The van der Waals surface area contributed by atoms with E-state index in [1.165, 1.54) is 0 Å². The molecular formula is C18H25NO5S. The van der Waals surface area contributed by atoms with E-state index >= 15 is 0 Å². The number of Topliss-reactive ketones (excluding diaryl/α,β-unsaturated/α-hetero) is 1. The molecule has 1 aromatic carbocycles. The lowest BCUT2D eigenvalue weighted by Gasteiger charge is -2.32. The number of carbonyl (C=O) groups excluding carboxylic acids is 2. The number of amides is 1. The molecule has 0 bridgehead atoms. The van der Waals surface area contributed by atoms with Crippen molar-refractivity contribution in [2.24, 2.45) is 0 Å². The minimum atomic E-state index is -1.48. The maximum absolute atomic E-state index is 12.8. The first-order chi connectivity index (χ1) is 11.8. The molecule has 0 unspecified atom stereocenters. The number of rotatable bonds is 10. The van der Waals surface area contributed by atoms with Crippen molar-refractivity contribution in [2.45, 2.75) is 33.2 Å². The molecule has 0 aliphatic carbocycles. The van der Waals surface area contributed by atoms with Crippen LogP contribution in [0.15, 0.2) is 18.2 Å². The zero-order valence-corrected chi connectivity index (χ0v) is 15.9. The van der Waals surface area contributed by atoms with Crippen LogP contribution in [0.3, 0.4) is 0 Å². The summed E-state index contributed by atoms with van der Waals surface area (Å²) < 4.78 is 5.21. The smallest absolute Gasteiger partial charge is 0.373 e. The second kappa shape index (κ2) is 10.2. The highest BCUT2D eigenvalue weighted by Crippen LogP contribution is 2.28. The molecule has 0 fully saturated rings. The normalized spacial score (nSPS) is 11.8. The van der Waals surface area contributed by atoms with E-state index in [0.717, 1.165) is 35.0 Å².